The molecule has 2 heterocycles. The Kier molecular flexibility index (Phi) is 8.74. The van der Waals surface area contributed by atoms with Gasteiger partial charge in [-0.15, -0.1) is 0 Å². The number of benzene rings is 2. The summed E-state index contributed by atoms with van der Waals surface area (Å²) in [4.78, 5) is 32.6. The van der Waals surface area contributed by atoms with Crippen molar-refractivity contribution in [3.63, 3.8) is 0 Å². The molecule has 7 nitrogen and oxygen atoms in total. The molecule has 0 radical (unpaired) electrons. The summed E-state index contributed by atoms with van der Waals surface area (Å²) in [5, 5.41) is 0.532. The molecule has 1 aliphatic heterocycles. The number of aromatic nitrogens is 1. The highest BCUT2D eigenvalue weighted by Crippen LogP contribution is 2.34. The highest BCUT2D eigenvalue weighted by molar-refractivity contribution is 7.07. The van der Waals surface area contributed by atoms with Gasteiger partial charge in [-0.3, -0.25) is 9.36 Å². The number of ether oxygens (including phenoxy) is 3. The lowest BCUT2D eigenvalue weighted by Crippen LogP contribution is -2.40. The van der Waals surface area contributed by atoms with E-state index in [1.54, 1.807) is 42.9 Å². The first-order valence-corrected chi connectivity index (χ1v) is 13.8. The van der Waals surface area contributed by atoms with Gasteiger partial charge in [0.15, 0.2) is 4.80 Å². The second-order valence-electron chi connectivity index (χ2n) is 9.04. The number of rotatable bonds is 9. The summed E-state index contributed by atoms with van der Waals surface area (Å²) < 4.78 is 18.9. The minimum atomic E-state index is -0.713. The third-order valence-electron chi connectivity index (χ3n) is 5.92. The molecule has 38 heavy (non-hydrogen) atoms. The molecule has 1 aromatic heterocycles. The second kappa shape index (κ2) is 12.0. The molecule has 1 atom stereocenters. The van der Waals surface area contributed by atoms with Crippen molar-refractivity contribution in [3.8, 4) is 11.5 Å². The van der Waals surface area contributed by atoms with E-state index in [0.29, 0.717) is 49.1 Å². The fourth-order valence-corrected chi connectivity index (χ4v) is 5.57. The van der Waals surface area contributed by atoms with Crippen LogP contribution in [-0.2, 0) is 9.53 Å². The Morgan fingerprint density at radius 3 is 2.68 bits per heavy atom. The minimum Gasteiger partial charge on any atom is -0.497 e. The Morgan fingerprint density at radius 1 is 1.21 bits per heavy atom. The van der Waals surface area contributed by atoms with Crippen LogP contribution in [0.2, 0.25) is 5.02 Å². The maximum atomic E-state index is 14.0. The van der Waals surface area contributed by atoms with E-state index >= 15 is 0 Å². The molecular formula is C29H31ClN2O5S. The van der Waals surface area contributed by atoms with E-state index in [1.165, 1.54) is 11.3 Å². The van der Waals surface area contributed by atoms with Crippen molar-refractivity contribution in [3.05, 3.63) is 89.6 Å². The van der Waals surface area contributed by atoms with Crippen LogP contribution in [0, 0.1) is 0 Å². The van der Waals surface area contributed by atoms with Crippen LogP contribution in [0.5, 0.6) is 11.5 Å². The lowest BCUT2D eigenvalue weighted by atomic mass is 9.94. The van der Waals surface area contributed by atoms with Crippen LogP contribution >= 0.6 is 22.9 Å². The van der Waals surface area contributed by atoms with E-state index in [0.717, 1.165) is 12.0 Å². The number of esters is 1. The summed E-state index contributed by atoms with van der Waals surface area (Å²) in [5.41, 5.74) is 2.14. The number of nitrogens with zero attached hydrogens (tertiary/aromatic N) is 2. The van der Waals surface area contributed by atoms with Crippen LogP contribution in [0.3, 0.4) is 0 Å². The predicted octanol–water partition coefficient (Wildman–Crippen LogP) is 5.03. The normalized spacial score (nSPS) is 15.3. The lowest BCUT2D eigenvalue weighted by Gasteiger charge is -2.26. The first-order chi connectivity index (χ1) is 18.3. The van der Waals surface area contributed by atoms with Crippen molar-refractivity contribution in [1.29, 1.82) is 0 Å². The zero-order valence-corrected chi connectivity index (χ0v) is 23.7. The van der Waals surface area contributed by atoms with Crippen molar-refractivity contribution < 1.29 is 19.0 Å². The molecule has 0 saturated carbocycles. The SMILES string of the molecule is CCCC1=C(C(=O)OCC)[C@@H](c2cccc(OC)c2)n2c(s/c(=C/c3cc(Cl)ccc3OC(C)C)c2=O)=N1. The van der Waals surface area contributed by atoms with Gasteiger partial charge in [-0.25, -0.2) is 9.79 Å². The Balaban J connectivity index is 2.00. The van der Waals surface area contributed by atoms with Crippen molar-refractivity contribution in [1.82, 2.24) is 4.57 Å². The first kappa shape index (κ1) is 27.7. The molecule has 0 bridgehead atoms. The number of carbonyl (C=O) groups excluding carboxylic acids is 1. The van der Waals surface area contributed by atoms with Gasteiger partial charge in [0, 0.05) is 10.6 Å². The second-order valence-corrected chi connectivity index (χ2v) is 10.5. The van der Waals surface area contributed by atoms with Crippen molar-refractivity contribution >= 4 is 35.0 Å². The van der Waals surface area contributed by atoms with Crippen LogP contribution in [0.25, 0.3) is 6.08 Å². The Hall–Kier alpha value is -3.36. The summed E-state index contributed by atoms with van der Waals surface area (Å²) in [7, 11) is 1.58. The number of fused-ring (bicyclic) bond motifs is 1. The molecule has 4 rings (SSSR count). The zero-order valence-electron chi connectivity index (χ0n) is 22.1. The number of allylic oxidation sites excluding steroid dienone is 1. The number of carbonyl (C=O) groups is 1. The Morgan fingerprint density at radius 2 is 2.00 bits per heavy atom. The highest BCUT2D eigenvalue weighted by Gasteiger charge is 2.34. The van der Waals surface area contributed by atoms with Gasteiger partial charge in [0.25, 0.3) is 5.56 Å². The van der Waals surface area contributed by atoms with E-state index < -0.39 is 12.0 Å². The molecule has 0 amide bonds. The molecule has 0 spiro atoms. The molecule has 0 saturated heterocycles. The molecule has 9 heteroatoms. The molecular weight excluding hydrogens is 524 g/mol. The quantitative estimate of drug-likeness (QED) is 0.347. The van der Waals surface area contributed by atoms with Gasteiger partial charge >= 0.3 is 5.97 Å². The van der Waals surface area contributed by atoms with Crippen molar-refractivity contribution in [2.24, 2.45) is 4.99 Å². The maximum absolute atomic E-state index is 14.0. The standard InChI is InChI=1S/C29H31ClN2O5S/c1-6-9-22-25(28(34)36-7-2)26(18-10-8-11-21(15-18)35-5)32-27(33)24(38-29(32)31-22)16-19-14-20(30)12-13-23(19)37-17(3)4/h8,10-17,26H,6-7,9H2,1-5H3/b24-16+/t26-/m1/s1. The van der Waals surface area contributed by atoms with Crippen LogP contribution in [0.15, 0.2) is 63.5 Å². The Bertz CT molecular complexity index is 1550. The van der Waals surface area contributed by atoms with Gasteiger partial charge in [0.1, 0.15) is 11.5 Å². The van der Waals surface area contributed by atoms with Crippen LogP contribution < -0.4 is 24.4 Å². The topological polar surface area (TPSA) is 79.1 Å². The van der Waals surface area contributed by atoms with Crippen molar-refractivity contribution in [2.75, 3.05) is 13.7 Å². The summed E-state index contributed by atoms with van der Waals surface area (Å²) in [6.45, 7) is 7.87. The molecule has 2 aromatic carbocycles. The average Bonchev–Trinajstić information content (AvgIpc) is 3.19. The van der Waals surface area contributed by atoms with Gasteiger partial charge < -0.3 is 14.2 Å². The van der Waals surface area contributed by atoms with Crippen molar-refractivity contribution in [2.45, 2.75) is 52.7 Å². The average molecular weight is 555 g/mol. The number of thiazole rings is 1. The van der Waals surface area contributed by atoms with Crippen LogP contribution in [-0.4, -0.2) is 30.4 Å². The monoisotopic (exact) mass is 554 g/mol. The zero-order chi connectivity index (χ0) is 27.4. The third kappa shape index (κ3) is 5.71. The highest BCUT2D eigenvalue weighted by atomic mass is 35.5. The van der Waals surface area contributed by atoms with E-state index in [9.17, 15) is 9.59 Å². The van der Waals surface area contributed by atoms with Crippen LogP contribution in [0.4, 0.5) is 0 Å². The van der Waals surface area contributed by atoms with Gasteiger partial charge in [-0.1, -0.05) is 48.4 Å². The van der Waals surface area contributed by atoms with Gasteiger partial charge in [0.2, 0.25) is 0 Å². The summed E-state index contributed by atoms with van der Waals surface area (Å²) in [6.07, 6.45) is 3.06. The number of methoxy groups -OCH3 is 1. The molecule has 0 aliphatic carbocycles. The molecule has 1 aliphatic rings. The largest absolute Gasteiger partial charge is 0.497 e. The van der Waals surface area contributed by atoms with Gasteiger partial charge in [-0.2, -0.15) is 0 Å². The summed E-state index contributed by atoms with van der Waals surface area (Å²) in [5.74, 6) is 0.763. The van der Waals surface area contributed by atoms with Gasteiger partial charge in [0.05, 0.1) is 41.7 Å². The lowest BCUT2D eigenvalue weighted by molar-refractivity contribution is -0.139. The number of halogens is 1. The number of hydrogen-bond donors (Lipinski definition) is 0. The number of hydrogen-bond acceptors (Lipinski definition) is 7. The smallest absolute Gasteiger partial charge is 0.338 e. The molecule has 0 unspecified atom stereocenters. The molecule has 0 fully saturated rings. The Labute approximate surface area is 230 Å². The van der Waals surface area contributed by atoms with E-state index in [2.05, 4.69) is 0 Å². The van der Waals surface area contributed by atoms with E-state index in [4.69, 9.17) is 30.8 Å². The maximum Gasteiger partial charge on any atom is 0.338 e. The fraction of sp³-hybridized carbons (Fsp3) is 0.345. The third-order valence-corrected chi connectivity index (χ3v) is 7.14. The fourth-order valence-electron chi connectivity index (χ4n) is 4.38. The predicted molar refractivity (Wildman–Crippen MR) is 150 cm³/mol. The molecule has 200 valence electrons. The minimum absolute atomic E-state index is 0.0543. The summed E-state index contributed by atoms with van der Waals surface area (Å²) >= 11 is 7.55. The molecule has 0 N–H and O–H groups in total. The first-order valence-electron chi connectivity index (χ1n) is 12.6. The van der Waals surface area contributed by atoms with Gasteiger partial charge in [-0.05, 0) is 69.2 Å². The van der Waals surface area contributed by atoms with Crippen LogP contribution in [0.1, 0.15) is 57.7 Å². The van der Waals surface area contributed by atoms with E-state index in [1.807, 2.05) is 45.0 Å². The molecule has 3 aromatic rings. The van der Waals surface area contributed by atoms with E-state index in [-0.39, 0.29) is 18.3 Å². The summed E-state index contributed by atoms with van der Waals surface area (Å²) in [6, 6.07) is 12.0.